The fourth-order valence-corrected chi connectivity index (χ4v) is 4.02. The first-order valence-corrected chi connectivity index (χ1v) is 10.0. The Bertz CT molecular complexity index is 519. The van der Waals surface area contributed by atoms with E-state index in [1.807, 2.05) is 12.5 Å². The number of imidazole rings is 1. The molecule has 126 valence electrons. The Morgan fingerprint density at radius 2 is 1.83 bits per heavy atom. The number of aromatic nitrogens is 2. The summed E-state index contributed by atoms with van der Waals surface area (Å²) in [6.45, 7) is 5.49. The van der Waals surface area contributed by atoms with Crippen molar-refractivity contribution in [3.05, 3.63) is 54.1 Å². The highest BCUT2D eigenvalue weighted by Crippen LogP contribution is 2.31. The molecule has 2 rings (SSSR count). The van der Waals surface area contributed by atoms with Gasteiger partial charge in [0.25, 0.3) is 0 Å². The number of aryl methyl sites for hydroxylation is 1. The smallest absolute Gasteiger partial charge is 0.0946 e. The molecule has 0 N–H and O–H groups in total. The van der Waals surface area contributed by atoms with E-state index < -0.39 is 0 Å². The van der Waals surface area contributed by atoms with Gasteiger partial charge in [0, 0.05) is 24.2 Å². The van der Waals surface area contributed by atoms with Crippen LogP contribution >= 0.6 is 11.8 Å². The fraction of sp³-hybridized carbons (Fsp3) is 0.550. The van der Waals surface area contributed by atoms with Gasteiger partial charge in [-0.2, -0.15) is 11.8 Å². The Kier molecular flexibility index (Phi) is 8.30. The van der Waals surface area contributed by atoms with Crippen molar-refractivity contribution >= 4 is 11.8 Å². The van der Waals surface area contributed by atoms with Crippen LogP contribution in [0, 0.1) is 0 Å². The second kappa shape index (κ2) is 10.5. The maximum absolute atomic E-state index is 4.18. The number of thioether (sulfide) groups is 1. The summed E-state index contributed by atoms with van der Waals surface area (Å²) in [6.07, 6.45) is 13.7. The van der Waals surface area contributed by atoms with E-state index >= 15 is 0 Å². The average Bonchev–Trinajstić information content (AvgIpc) is 3.10. The Labute approximate surface area is 145 Å². The van der Waals surface area contributed by atoms with Gasteiger partial charge in [0.2, 0.25) is 0 Å². The molecule has 0 aliphatic rings. The first-order chi connectivity index (χ1) is 11.3. The third-order valence-electron chi connectivity index (χ3n) is 4.26. The van der Waals surface area contributed by atoms with E-state index in [0.29, 0.717) is 5.25 Å². The molecule has 2 aromatic rings. The molecule has 0 saturated carbocycles. The number of benzene rings is 1. The molecule has 2 nitrogen and oxygen atoms in total. The maximum Gasteiger partial charge on any atom is 0.0946 e. The van der Waals surface area contributed by atoms with E-state index in [2.05, 4.69) is 65.6 Å². The van der Waals surface area contributed by atoms with E-state index in [4.69, 9.17) is 0 Å². The highest BCUT2D eigenvalue weighted by atomic mass is 32.2. The molecule has 0 bridgehead atoms. The maximum atomic E-state index is 4.18. The lowest BCUT2D eigenvalue weighted by molar-refractivity contribution is 0.655. The van der Waals surface area contributed by atoms with E-state index in [-0.39, 0.29) is 0 Å². The van der Waals surface area contributed by atoms with Crippen molar-refractivity contribution in [2.45, 2.75) is 64.2 Å². The highest BCUT2D eigenvalue weighted by molar-refractivity contribution is 7.99. The Balaban J connectivity index is 1.91. The van der Waals surface area contributed by atoms with Crippen LogP contribution in [0.1, 0.15) is 62.3 Å². The summed E-state index contributed by atoms with van der Waals surface area (Å²) in [5.74, 6) is 1.25. The summed E-state index contributed by atoms with van der Waals surface area (Å²) in [6, 6.07) is 9.17. The molecule has 0 aliphatic carbocycles. The van der Waals surface area contributed by atoms with Crippen molar-refractivity contribution in [2.24, 2.45) is 0 Å². The van der Waals surface area contributed by atoms with Gasteiger partial charge in [-0.25, -0.2) is 4.98 Å². The predicted octanol–water partition coefficient (Wildman–Crippen LogP) is 5.89. The fourth-order valence-electron chi connectivity index (χ4n) is 2.74. The molecule has 3 heteroatoms. The van der Waals surface area contributed by atoms with E-state index in [1.165, 1.54) is 49.0 Å². The lowest BCUT2D eigenvalue weighted by atomic mass is 10.1. The summed E-state index contributed by atoms with van der Waals surface area (Å²) in [5.41, 5.74) is 2.86. The van der Waals surface area contributed by atoms with Crippen LogP contribution in [-0.4, -0.2) is 15.3 Å². The van der Waals surface area contributed by atoms with Crippen molar-refractivity contribution in [3.63, 3.8) is 0 Å². The second-order valence-corrected chi connectivity index (χ2v) is 7.44. The summed E-state index contributed by atoms with van der Waals surface area (Å²) in [5, 5.41) is 0.515. The van der Waals surface area contributed by atoms with Gasteiger partial charge in [-0.3, -0.25) is 0 Å². The van der Waals surface area contributed by atoms with E-state index in [0.717, 1.165) is 13.0 Å². The summed E-state index contributed by atoms with van der Waals surface area (Å²) >= 11 is 2.10. The first-order valence-electron chi connectivity index (χ1n) is 8.99. The van der Waals surface area contributed by atoms with Crippen LogP contribution in [-0.2, 0) is 13.0 Å². The highest BCUT2D eigenvalue weighted by Gasteiger charge is 2.12. The minimum absolute atomic E-state index is 0.515. The van der Waals surface area contributed by atoms with Crippen molar-refractivity contribution < 1.29 is 0 Å². The van der Waals surface area contributed by atoms with Crippen LogP contribution in [0.3, 0.4) is 0 Å². The van der Waals surface area contributed by atoms with Gasteiger partial charge < -0.3 is 4.57 Å². The lowest BCUT2D eigenvalue weighted by Gasteiger charge is -2.18. The Morgan fingerprint density at radius 3 is 2.48 bits per heavy atom. The zero-order chi connectivity index (χ0) is 16.3. The second-order valence-electron chi connectivity index (χ2n) is 6.13. The van der Waals surface area contributed by atoms with Gasteiger partial charge in [0.15, 0.2) is 0 Å². The van der Waals surface area contributed by atoms with Crippen molar-refractivity contribution in [1.82, 2.24) is 9.55 Å². The lowest BCUT2D eigenvalue weighted by Crippen LogP contribution is -2.06. The normalized spacial score (nSPS) is 12.4. The molecule has 0 radical (unpaired) electrons. The van der Waals surface area contributed by atoms with Crippen LogP contribution in [0.25, 0.3) is 0 Å². The van der Waals surface area contributed by atoms with Crippen LogP contribution in [0.4, 0.5) is 0 Å². The predicted molar refractivity (Wildman–Crippen MR) is 102 cm³/mol. The van der Waals surface area contributed by atoms with E-state index in [9.17, 15) is 0 Å². The van der Waals surface area contributed by atoms with E-state index in [1.54, 1.807) is 0 Å². The van der Waals surface area contributed by atoms with Gasteiger partial charge in [0.05, 0.1) is 6.33 Å². The third kappa shape index (κ3) is 6.42. The molecule has 1 unspecified atom stereocenters. The topological polar surface area (TPSA) is 17.8 Å². The number of hydrogen-bond donors (Lipinski definition) is 0. The molecule has 23 heavy (non-hydrogen) atoms. The quantitative estimate of drug-likeness (QED) is 0.478. The number of nitrogens with zero attached hydrogens (tertiary/aromatic N) is 2. The molecule has 0 spiro atoms. The number of rotatable bonds is 11. The van der Waals surface area contributed by atoms with Crippen molar-refractivity contribution in [1.29, 1.82) is 0 Å². The van der Waals surface area contributed by atoms with Gasteiger partial charge in [-0.1, -0.05) is 63.8 Å². The molecule has 1 atom stereocenters. The van der Waals surface area contributed by atoms with Crippen LogP contribution in [0.15, 0.2) is 43.0 Å². The van der Waals surface area contributed by atoms with Gasteiger partial charge in [0.1, 0.15) is 0 Å². The summed E-state index contributed by atoms with van der Waals surface area (Å²) < 4.78 is 2.20. The van der Waals surface area contributed by atoms with Crippen LogP contribution in [0.5, 0.6) is 0 Å². The van der Waals surface area contributed by atoms with Gasteiger partial charge in [-0.15, -0.1) is 0 Å². The molecule has 0 amide bonds. The van der Waals surface area contributed by atoms with Crippen molar-refractivity contribution in [3.8, 4) is 0 Å². The molecular weight excluding hydrogens is 300 g/mol. The molecule has 0 fully saturated rings. The third-order valence-corrected chi connectivity index (χ3v) is 5.61. The zero-order valence-corrected chi connectivity index (χ0v) is 15.4. The largest absolute Gasteiger partial charge is 0.336 e. The van der Waals surface area contributed by atoms with Crippen LogP contribution in [0.2, 0.25) is 0 Å². The monoisotopic (exact) mass is 330 g/mol. The average molecular weight is 331 g/mol. The SMILES string of the molecule is CCCCCCCSC(Cn1ccnc1)c1ccc(CC)cc1. The number of hydrogen-bond acceptors (Lipinski definition) is 2. The number of unbranched alkanes of at least 4 members (excludes halogenated alkanes) is 4. The molecule has 1 aromatic heterocycles. The summed E-state index contributed by atoms with van der Waals surface area (Å²) in [4.78, 5) is 4.18. The van der Waals surface area contributed by atoms with Gasteiger partial charge in [-0.05, 0) is 29.7 Å². The van der Waals surface area contributed by atoms with Crippen LogP contribution < -0.4 is 0 Å². The zero-order valence-electron chi connectivity index (χ0n) is 14.6. The Morgan fingerprint density at radius 1 is 1.04 bits per heavy atom. The molecular formula is C20H30N2S. The standard InChI is InChI=1S/C20H30N2S/c1-3-5-6-7-8-15-23-20(16-22-14-13-21-17-22)19-11-9-18(4-2)10-12-19/h9-14,17,20H,3-8,15-16H2,1-2H3. The minimum atomic E-state index is 0.515. The summed E-state index contributed by atoms with van der Waals surface area (Å²) in [7, 11) is 0. The van der Waals surface area contributed by atoms with Gasteiger partial charge >= 0.3 is 0 Å². The molecule has 1 heterocycles. The molecule has 0 saturated heterocycles. The first kappa shape index (κ1) is 18.1. The Hall–Kier alpha value is -1.22. The van der Waals surface area contributed by atoms with Crippen molar-refractivity contribution in [2.75, 3.05) is 5.75 Å². The minimum Gasteiger partial charge on any atom is -0.336 e. The molecule has 1 aromatic carbocycles. The molecule has 0 aliphatic heterocycles.